The summed E-state index contributed by atoms with van der Waals surface area (Å²) in [7, 11) is 3.57. The van der Waals surface area contributed by atoms with Gasteiger partial charge in [0.05, 0.1) is 72.1 Å². The van der Waals surface area contributed by atoms with E-state index in [0.29, 0.717) is 0 Å². The fourth-order valence-corrected chi connectivity index (χ4v) is 3.49. The van der Waals surface area contributed by atoms with Crippen LogP contribution >= 0.6 is 0 Å². The lowest BCUT2D eigenvalue weighted by Gasteiger charge is -2.08. The van der Waals surface area contributed by atoms with Crippen LogP contribution < -0.4 is 5.56 Å². The highest BCUT2D eigenvalue weighted by Crippen LogP contribution is 2.24. The summed E-state index contributed by atoms with van der Waals surface area (Å²) in [5.74, 6) is -2.04. The van der Waals surface area contributed by atoms with Gasteiger partial charge in [-0.15, -0.1) is 0 Å². The van der Waals surface area contributed by atoms with E-state index in [1.165, 1.54) is 70.7 Å². The van der Waals surface area contributed by atoms with E-state index in [1.807, 2.05) is 0 Å². The number of H-pyrrole nitrogens is 1. The summed E-state index contributed by atoms with van der Waals surface area (Å²) < 4.78 is 15.3. The second-order valence-corrected chi connectivity index (χ2v) is 7.54. The Morgan fingerprint density at radius 3 is 2.22 bits per heavy atom. The van der Waals surface area contributed by atoms with Crippen LogP contribution in [0.15, 0.2) is 52.3 Å². The Balaban J connectivity index is 2.21. The highest BCUT2D eigenvalue weighted by molar-refractivity contribution is 6.04. The topological polar surface area (TPSA) is 172 Å². The second-order valence-electron chi connectivity index (χ2n) is 7.54. The number of non-ortho nitro benzene ring substituents is 1. The molecule has 1 aromatic heterocycles. The minimum absolute atomic E-state index is 0.00281. The molecule has 0 saturated heterocycles. The number of aromatic nitrogens is 2. The minimum atomic E-state index is -0.727. The van der Waals surface area contributed by atoms with E-state index in [1.54, 1.807) is 0 Å². The molecule has 0 aliphatic heterocycles. The summed E-state index contributed by atoms with van der Waals surface area (Å²) in [6, 6.07) is 9.20. The summed E-state index contributed by atoms with van der Waals surface area (Å²) in [5, 5.41) is 13.8. The molecular weight excluding hydrogens is 488 g/mol. The molecule has 1 heterocycles. The maximum Gasteiger partial charge on any atom is 0.340 e. The van der Waals surface area contributed by atoms with Crippen LogP contribution in [0.4, 0.5) is 11.4 Å². The van der Waals surface area contributed by atoms with E-state index in [0.717, 1.165) is 4.68 Å². The smallest absolute Gasteiger partial charge is 0.340 e. The number of carbonyl (C=O) groups excluding carboxylic acids is 3. The first kappa shape index (κ1) is 26.5. The van der Waals surface area contributed by atoms with Crippen molar-refractivity contribution in [3.05, 3.63) is 85.3 Å². The van der Waals surface area contributed by atoms with Crippen molar-refractivity contribution in [2.45, 2.75) is 13.3 Å². The van der Waals surface area contributed by atoms with E-state index in [4.69, 9.17) is 14.2 Å². The molecule has 0 aliphatic carbocycles. The number of aliphatic imine (C=N–C) groups is 1. The van der Waals surface area contributed by atoms with Gasteiger partial charge >= 0.3 is 17.9 Å². The van der Waals surface area contributed by atoms with Gasteiger partial charge in [0.1, 0.15) is 0 Å². The zero-order valence-electron chi connectivity index (χ0n) is 20.3. The van der Waals surface area contributed by atoms with Gasteiger partial charge < -0.3 is 14.2 Å². The third kappa shape index (κ3) is 5.61. The number of esters is 3. The van der Waals surface area contributed by atoms with Gasteiger partial charge in [-0.1, -0.05) is 0 Å². The molecule has 13 heteroatoms. The zero-order valence-corrected chi connectivity index (χ0v) is 20.3. The third-order valence-corrected chi connectivity index (χ3v) is 5.31. The Morgan fingerprint density at radius 1 is 1.00 bits per heavy atom. The number of rotatable bonds is 8. The lowest BCUT2D eigenvalue weighted by molar-refractivity contribution is -0.384. The quantitative estimate of drug-likeness (QED) is 0.157. The molecule has 0 fully saturated rings. The number of aromatic amines is 1. The molecule has 192 valence electrons. The monoisotopic (exact) mass is 510 g/mol. The van der Waals surface area contributed by atoms with Gasteiger partial charge in [-0.3, -0.25) is 29.8 Å². The van der Waals surface area contributed by atoms with Gasteiger partial charge in [0.25, 0.3) is 11.2 Å². The molecule has 2 aromatic carbocycles. The summed E-state index contributed by atoms with van der Waals surface area (Å²) in [4.78, 5) is 64.6. The van der Waals surface area contributed by atoms with Gasteiger partial charge in [0.15, 0.2) is 0 Å². The number of hydrogen-bond acceptors (Lipinski definition) is 10. The van der Waals surface area contributed by atoms with Crippen LogP contribution in [0.2, 0.25) is 0 Å². The summed E-state index contributed by atoms with van der Waals surface area (Å²) in [6.07, 6.45) is -0.319. The fourth-order valence-electron chi connectivity index (χ4n) is 3.49. The molecule has 3 rings (SSSR count). The van der Waals surface area contributed by atoms with Crippen LogP contribution in [0.1, 0.15) is 38.9 Å². The molecule has 0 unspecified atom stereocenters. The Bertz CT molecular complexity index is 1470. The van der Waals surface area contributed by atoms with Crippen molar-refractivity contribution in [1.82, 2.24) is 9.78 Å². The van der Waals surface area contributed by atoms with Crippen molar-refractivity contribution in [3.8, 4) is 5.69 Å². The zero-order chi connectivity index (χ0) is 27.3. The first-order valence-corrected chi connectivity index (χ1v) is 10.6. The lowest BCUT2D eigenvalue weighted by Crippen LogP contribution is -2.20. The van der Waals surface area contributed by atoms with E-state index in [2.05, 4.69) is 10.1 Å². The standard InChI is InChI=1S/C24H22N4O9/c1-13(25-18-11-14(23(31)36-3)5-10-17(18)24(32)37-4)21-19(12-20(29)35-2)26-27(22(21)30)15-6-8-16(9-7-15)28(33)34/h5-11,26H,12H2,1-4H3. The molecule has 0 radical (unpaired) electrons. The number of nitrogens with one attached hydrogen (secondary N) is 1. The first-order chi connectivity index (χ1) is 17.6. The van der Waals surface area contributed by atoms with Crippen molar-refractivity contribution in [2.75, 3.05) is 21.3 Å². The van der Waals surface area contributed by atoms with E-state index >= 15 is 0 Å². The lowest BCUT2D eigenvalue weighted by atomic mass is 10.1. The van der Waals surface area contributed by atoms with Gasteiger partial charge in [-0.05, 0) is 37.3 Å². The average molecular weight is 510 g/mol. The van der Waals surface area contributed by atoms with E-state index < -0.39 is 28.4 Å². The maximum absolute atomic E-state index is 13.4. The fraction of sp³-hybridized carbons (Fsp3) is 0.208. The van der Waals surface area contributed by atoms with Gasteiger partial charge in [-0.2, -0.15) is 0 Å². The predicted octanol–water partition coefficient (Wildman–Crippen LogP) is 2.50. The molecule has 1 N–H and O–H groups in total. The average Bonchev–Trinajstić information content (AvgIpc) is 3.22. The Kier molecular flexibility index (Phi) is 7.97. The van der Waals surface area contributed by atoms with Crippen molar-refractivity contribution in [3.63, 3.8) is 0 Å². The summed E-state index contributed by atoms with van der Waals surface area (Å²) in [6.45, 7) is 1.48. The maximum atomic E-state index is 13.4. The normalized spacial score (nSPS) is 11.1. The SMILES string of the molecule is COC(=O)Cc1[nH]n(-c2ccc([N+](=O)[O-])cc2)c(=O)c1C(C)=Nc1cc(C(=O)OC)ccc1C(=O)OC. The Hall–Kier alpha value is -5.07. The van der Waals surface area contributed by atoms with E-state index in [-0.39, 0.29) is 51.6 Å². The molecule has 13 nitrogen and oxygen atoms in total. The highest BCUT2D eigenvalue weighted by Gasteiger charge is 2.22. The highest BCUT2D eigenvalue weighted by atomic mass is 16.6. The molecule has 37 heavy (non-hydrogen) atoms. The molecule has 0 saturated carbocycles. The minimum Gasteiger partial charge on any atom is -0.469 e. The Morgan fingerprint density at radius 2 is 1.65 bits per heavy atom. The molecular formula is C24H22N4O9. The number of hydrogen-bond donors (Lipinski definition) is 1. The second kappa shape index (κ2) is 11.1. The number of benzene rings is 2. The van der Waals surface area contributed by atoms with Crippen molar-refractivity contribution < 1.29 is 33.5 Å². The molecule has 0 aliphatic rings. The van der Waals surface area contributed by atoms with Gasteiger partial charge in [0.2, 0.25) is 0 Å². The molecule has 0 atom stereocenters. The summed E-state index contributed by atoms with van der Waals surface area (Å²) >= 11 is 0. The number of ether oxygens (including phenoxy) is 3. The first-order valence-electron chi connectivity index (χ1n) is 10.6. The molecule has 0 spiro atoms. The van der Waals surface area contributed by atoms with Crippen LogP contribution in [0.5, 0.6) is 0 Å². The molecule has 3 aromatic rings. The number of nitro benzene ring substituents is 1. The molecule has 0 bridgehead atoms. The van der Waals surface area contributed by atoms with Crippen molar-refractivity contribution >= 4 is 35.0 Å². The van der Waals surface area contributed by atoms with Crippen LogP contribution in [-0.2, 0) is 25.4 Å². The predicted molar refractivity (Wildman–Crippen MR) is 130 cm³/mol. The van der Waals surface area contributed by atoms with Crippen LogP contribution in [-0.4, -0.2) is 59.7 Å². The van der Waals surface area contributed by atoms with Crippen molar-refractivity contribution in [2.24, 2.45) is 4.99 Å². The number of methoxy groups -OCH3 is 3. The van der Waals surface area contributed by atoms with Gasteiger partial charge in [0, 0.05) is 12.1 Å². The van der Waals surface area contributed by atoms with Crippen LogP contribution in [0.25, 0.3) is 5.69 Å². The van der Waals surface area contributed by atoms with Crippen molar-refractivity contribution in [1.29, 1.82) is 0 Å². The van der Waals surface area contributed by atoms with Crippen LogP contribution in [0, 0.1) is 10.1 Å². The molecule has 0 amide bonds. The number of carbonyl (C=O) groups is 3. The van der Waals surface area contributed by atoms with Gasteiger partial charge in [-0.25, -0.2) is 14.3 Å². The summed E-state index contributed by atoms with van der Waals surface area (Å²) in [5.41, 5.74) is -0.0996. The Labute approximate surface area is 209 Å². The largest absolute Gasteiger partial charge is 0.469 e. The number of nitrogens with zero attached hydrogens (tertiary/aromatic N) is 3. The third-order valence-electron chi connectivity index (χ3n) is 5.31. The van der Waals surface area contributed by atoms with E-state index in [9.17, 15) is 29.3 Å². The van der Waals surface area contributed by atoms with Crippen LogP contribution in [0.3, 0.4) is 0 Å². The number of nitro groups is 1.